The average molecular weight is 563 g/mol. The lowest BCUT2D eigenvalue weighted by Crippen LogP contribution is -2.22. The first kappa shape index (κ1) is 27.3. The molecular formula is C29H31ClN6O4. The molecule has 2 aromatic carbocycles. The molecule has 0 bridgehead atoms. The van der Waals surface area contributed by atoms with E-state index in [1.54, 1.807) is 24.3 Å². The number of primary amides is 1. The lowest BCUT2D eigenvalue weighted by molar-refractivity contribution is 0.0998. The van der Waals surface area contributed by atoms with Crippen molar-refractivity contribution in [3.63, 3.8) is 0 Å². The lowest BCUT2D eigenvalue weighted by atomic mass is 9.92. The van der Waals surface area contributed by atoms with Gasteiger partial charge in [0.1, 0.15) is 23.1 Å². The van der Waals surface area contributed by atoms with Crippen LogP contribution < -0.4 is 21.1 Å². The number of fused-ring (bicyclic) bond motifs is 1. The number of phenols is 1. The molecule has 5 rings (SSSR count). The van der Waals surface area contributed by atoms with Crippen LogP contribution in [0.3, 0.4) is 0 Å². The van der Waals surface area contributed by atoms with Gasteiger partial charge in [-0.25, -0.2) is 9.48 Å². The molecule has 1 fully saturated rings. The molecule has 0 atom stereocenters. The molecule has 208 valence electrons. The number of nitrogens with two attached hydrogens (primary N) is 1. The summed E-state index contributed by atoms with van der Waals surface area (Å²) in [5.74, 6) is 0.397. The molecule has 1 aliphatic carbocycles. The number of ether oxygens (including phenoxy) is 1. The molecule has 10 nitrogen and oxygen atoms in total. The van der Waals surface area contributed by atoms with Crippen LogP contribution in [0.5, 0.6) is 17.2 Å². The van der Waals surface area contributed by atoms with Crippen LogP contribution in [-0.4, -0.2) is 31.8 Å². The topological polar surface area (TPSA) is 144 Å². The number of carbonyl (C=O) groups is 2. The quantitative estimate of drug-likeness (QED) is 0.205. The minimum Gasteiger partial charge on any atom is -0.507 e. The highest BCUT2D eigenvalue weighted by Crippen LogP contribution is 2.36. The Morgan fingerprint density at radius 1 is 1.10 bits per heavy atom. The summed E-state index contributed by atoms with van der Waals surface area (Å²) < 4.78 is 7.95. The van der Waals surface area contributed by atoms with E-state index in [0.717, 1.165) is 31.4 Å². The number of hydrogen-bond acceptors (Lipinski definition) is 6. The highest BCUT2D eigenvalue weighted by molar-refractivity contribution is 6.34. The lowest BCUT2D eigenvalue weighted by Gasteiger charge is -2.16. The summed E-state index contributed by atoms with van der Waals surface area (Å²) in [6, 6.07) is 11.0. The van der Waals surface area contributed by atoms with Crippen molar-refractivity contribution in [1.29, 1.82) is 0 Å². The second kappa shape index (κ2) is 10.7. The van der Waals surface area contributed by atoms with Gasteiger partial charge < -0.3 is 20.9 Å². The number of rotatable bonds is 6. The molecule has 0 unspecified atom stereocenters. The second-order valence-electron chi connectivity index (χ2n) is 10.9. The number of anilines is 2. The Bertz CT molecular complexity index is 1600. The van der Waals surface area contributed by atoms with Crippen LogP contribution in [0.25, 0.3) is 10.9 Å². The summed E-state index contributed by atoms with van der Waals surface area (Å²) >= 11 is 6.50. The number of amides is 3. The number of aromatic nitrogens is 3. The van der Waals surface area contributed by atoms with E-state index in [0.29, 0.717) is 33.9 Å². The Labute approximate surface area is 236 Å². The summed E-state index contributed by atoms with van der Waals surface area (Å²) in [5, 5.41) is 21.4. The molecule has 1 saturated carbocycles. The first-order valence-electron chi connectivity index (χ1n) is 13.1. The molecule has 40 heavy (non-hydrogen) atoms. The van der Waals surface area contributed by atoms with Crippen LogP contribution in [0.1, 0.15) is 68.5 Å². The summed E-state index contributed by atoms with van der Waals surface area (Å²) in [7, 11) is 0. The third kappa shape index (κ3) is 5.67. The molecular weight excluding hydrogens is 532 g/mol. The highest BCUT2D eigenvalue weighted by Gasteiger charge is 2.26. The molecule has 2 heterocycles. The number of aromatic hydroxyl groups is 1. The van der Waals surface area contributed by atoms with E-state index in [4.69, 9.17) is 27.2 Å². The van der Waals surface area contributed by atoms with E-state index < -0.39 is 11.9 Å². The summed E-state index contributed by atoms with van der Waals surface area (Å²) in [6.07, 6.45) is 5.88. The number of benzene rings is 2. The monoisotopic (exact) mass is 562 g/mol. The predicted octanol–water partition coefficient (Wildman–Crippen LogP) is 6.74. The number of pyridine rings is 1. The van der Waals surface area contributed by atoms with Crippen molar-refractivity contribution in [3.05, 3.63) is 64.9 Å². The minimum atomic E-state index is -0.771. The van der Waals surface area contributed by atoms with Crippen molar-refractivity contribution in [1.82, 2.24) is 14.8 Å². The van der Waals surface area contributed by atoms with Crippen molar-refractivity contribution >= 4 is 45.9 Å². The van der Waals surface area contributed by atoms with Gasteiger partial charge in [-0.3, -0.25) is 15.1 Å². The van der Waals surface area contributed by atoms with Crippen LogP contribution >= 0.6 is 11.6 Å². The van der Waals surface area contributed by atoms with Crippen LogP contribution in [0, 0.1) is 0 Å². The Morgan fingerprint density at radius 2 is 1.85 bits per heavy atom. The maximum absolute atomic E-state index is 13.0. The first-order chi connectivity index (χ1) is 19.0. The van der Waals surface area contributed by atoms with E-state index >= 15 is 0 Å². The van der Waals surface area contributed by atoms with E-state index in [1.807, 2.05) is 10.7 Å². The number of hydrogen-bond donors (Lipinski definition) is 4. The average Bonchev–Trinajstić information content (AvgIpc) is 3.55. The SMILES string of the molecule is CC(C)(C)c1cc(NC(=O)Nc2ccc(Oc3ccnc4cc(O)c(C(N)=O)cc34)cc2Cl)n(C2CCCC2)n1. The van der Waals surface area contributed by atoms with Gasteiger partial charge in [-0.05, 0) is 37.1 Å². The standard InChI is InChI=1S/C29H31ClN6O4/c1-29(2,3)25-15-26(36(35-25)16-6-4-5-7-16)34-28(39)33-21-9-8-17(12-20(21)30)40-24-10-11-32-22-14-23(37)19(27(31)38)13-18(22)24/h8-16,37H,4-7H2,1-3H3,(H2,31,38)(H2,33,34,39). The Kier molecular flexibility index (Phi) is 7.29. The molecule has 2 aromatic heterocycles. The Hall–Kier alpha value is -4.31. The Morgan fingerprint density at radius 3 is 2.52 bits per heavy atom. The van der Waals surface area contributed by atoms with Gasteiger partial charge in [0, 0.05) is 35.2 Å². The zero-order chi connectivity index (χ0) is 28.6. The van der Waals surface area contributed by atoms with Gasteiger partial charge in [0.2, 0.25) is 0 Å². The van der Waals surface area contributed by atoms with Crippen molar-refractivity contribution < 1.29 is 19.4 Å². The molecule has 0 spiro atoms. The van der Waals surface area contributed by atoms with E-state index in [-0.39, 0.29) is 27.8 Å². The minimum absolute atomic E-state index is 0.0437. The smallest absolute Gasteiger partial charge is 0.324 e. The third-order valence-corrected chi connectivity index (χ3v) is 7.23. The number of urea groups is 1. The van der Waals surface area contributed by atoms with Crippen LogP contribution in [0.2, 0.25) is 5.02 Å². The van der Waals surface area contributed by atoms with Gasteiger partial charge in [-0.15, -0.1) is 0 Å². The van der Waals surface area contributed by atoms with Gasteiger partial charge >= 0.3 is 6.03 Å². The van der Waals surface area contributed by atoms with Crippen LogP contribution in [-0.2, 0) is 5.41 Å². The van der Waals surface area contributed by atoms with Crippen molar-refractivity contribution in [2.45, 2.75) is 57.9 Å². The normalized spacial score (nSPS) is 13.9. The summed E-state index contributed by atoms with van der Waals surface area (Å²) in [6.45, 7) is 6.28. The fourth-order valence-corrected chi connectivity index (χ4v) is 5.00. The molecule has 1 aliphatic rings. The van der Waals surface area contributed by atoms with Gasteiger partial charge in [0.05, 0.1) is 33.5 Å². The van der Waals surface area contributed by atoms with E-state index in [9.17, 15) is 14.7 Å². The number of nitrogens with one attached hydrogen (secondary N) is 2. The van der Waals surface area contributed by atoms with Gasteiger partial charge in [0.25, 0.3) is 5.91 Å². The summed E-state index contributed by atoms with van der Waals surface area (Å²) in [4.78, 5) is 28.9. The van der Waals surface area contributed by atoms with Crippen LogP contribution in [0.4, 0.5) is 16.3 Å². The summed E-state index contributed by atoms with van der Waals surface area (Å²) in [5.41, 5.74) is 6.91. The van der Waals surface area contributed by atoms with Gasteiger partial charge in [-0.1, -0.05) is 45.2 Å². The zero-order valence-corrected chi connectivity index (χ0v) is 23.2. The van der Waals surface area contributed by atoms with Crippen molar-refractivity contribution in [2.24, 2.45) is 5.73 Å². The first-order valence-corrected chi connectivity index (χ1v) is 13.4. The molecule has 0 radical (unpaired) electrons. The van der Waals surface area contributed by atoms with E-state index in [1.165, 1.54) is 18.3 Å². The molecule has 3 amide bonds. The van der Waals surface area contributed by atoms with Gasteiger partial charge in [-0.2, -0.15) is 5.10 Å². The Balaban J connectivity index is 1.33. The zero-order valence-electron chi connectivity index (χ0n) is 22.5. The maximum Gasteiger partial charge on any atom is 0.324 e. The van der Waals surface area contributed by atoms with E-state index in [2.05, 4.69) is 36.4 Å². The second-order valence-corrected chi connectivity index (χ2v) is 11.3. The molecule has 0 aliphatic heterocycles. The third-order valence-electron chi connectivity index (χ3n) is 6.92. The van der Waals surface area contributed by atoms with Gasteiger partial charge in [0.15, 0.2) is 0 Å². The predicted molar refractivity (Wildman–Crippen MR) is 155 cm³/mol. The molecule has 5 N–H and O–H groups in total. The molecule has 11 heteroatoms. The fourth-order valence-electron chi connectivity index (χ4n) is 4.78. The van der Waals surface area contributed by atoms with Crippen molar-refractivity contribution in [3.8, 4) is 17.2 Å². The molecule has 4 aromatic rings. The van der Waals surface area contributed by atoms with Crippen molar-refractivity contribution in [2.75, 3.05) is 10.6 Å². The fraction of sp³-hybridized carbons (Fsp3) is 0.310. The number of nitrogens with zero attached hydrogens (tertiary/aromatic N) is 3. The highest BCUT2D eigenvalue weighted by atomic mass is 35.5. The number of halogens is 1. The maximum atomic E-state index is 13.0. The largest absolute Gasteiger partial charge is 0.507 e. The number of carbonyl (C=O) groups excluding carboxylic acids is 2. The van der Waals surface area contributed by atoms with Crippen LogP contribution in [0.15, 0.2) is 48.7 Å². The molecule has 0 saturated heterocycles.